The van der Waals surface area contributed by atoms with Crippen molar-refractivity contribution in [1.29, 1.82) is 0 Å². The van der Waals surface area contributed by atoms with Gasteiger partial charge in [-0.3, -0.25) is 4.79 Å². The molecule has 1 aromatic carbocycles. The molecule has 0 amide bonds. The van der Waals surface area contributed by atoms with Crippen molar-refractivity contribution in [3.8, 4) is 5.75 Å². The summed E-state index contributed by atoms with van der Waals surface area (Å²) in [5.74, 6) is -1.17. The molecule has 0 unspecified atom stereocenters. The zero-order valence-corrected chi connectivity index (χ0v) is 11.6. The monoisotopic (exact) mass is 282 g/mol. The van der Waals surface area contributed by atoms with E-state index >= 15 is 0 Å². The summed E-state index contributed by atoms with van der Waals surface area (Å²) in [5, 5.41) is 19.4. The van der Waals surface area contributed by atoms with E-state index in [2.05, 4.69) is 0 Å². The molecule has 0 aliphatic heterocycles. The number of rotatable bonds is 6. The molecule has 0 aliphatic carbocycles. The first-order valence-electron chi connectivity index (χ1n) is 6.01. The Morgan fingerprint density at radius 3 is 2.30 bits per heavy atom. The maximum atomic E-state index is 11.5. The number of carbonyl (C=O) groups is 2. The Labute approximate surface area is 116 Å². The molecular formula is C14H18O6. The summed E-state index contributed by atoms with van der Waals surface area (Å²) in [4.78, 5) is 22.6. The molecule has 1 rings (SSSR count). The van der Waals surface area contributed by atoms with E-state index in [9.17, 15) is 19.8 Å². The molecule has 0 saturated heterocycles. The zero-order chi connectivity index (χ0) is 15.3. The fourth-order valence-corrected chi connectivity index (χ4v) is 1.36. The lowest BCUT2D eigenvalue weighted by Crippen LogP contribution is -2.43. The van der Waals surface area contributed by atoms with Gasteiger partial charge in [-0.15, -0.1) is 0 Å². The minimum absolute atomic E-state index is 0.353. The van der Waals surface area contributed by atoms with E-state index in [0.29, 0.717) is 11.3 Å². The summed E-state index contributed by atoms with van der Waals surface area (Å²) in [5.41, 5.74) is -1.67. The number of carbonyl (C=O) groups excluding carboxylic acids is 2. The smallest absolute Gasteiger partial charge is 0.345 e. The summed E-state index contributed by atoms with van der Waals surface area (Å²) in [6.07, 6.45) is -1.05. The van der Waals surface area contributed by atoms with Crippen LogP contribution >= 0.6 is 0 Å². The molecule has 6 nitrogen and oxygen atoms in total. The standard InChI is InChI=1S/C14H18O6/c1-9(15)14(2,18)13(17)20-8-12(16)10-4-6-11(19-3)7-5-10/h4-7,12,16,18H,8H2,1-3H3/t12-,14+/m1/s1. The van der Waals surface area contributed by atoms with Gasteiger partial charge in [-0.1, -0.05) is 12.1 Å². The lowest BCUT2D eigenvalue weighted by atomic mass is 10.0. The summed E-state index contributed by atoms with van der Waals surface area (Å²) in [7, 11) is 1.52. The number of aliphatic hydroxyl groups excluding tert-OH is 1. The first-order valence-corrected chi connectivity index (χ1v) is 6.01. The minimum atomic E-state index is -2.19. The lowest BCUT2D eigenvalue weighted by Gasteiger charge is -2.19. The number of ether oxygens (including phenoxy) is 2. The van der Waals surface area contributed by atoms with Crippen LogP contribution in [0.3, 0.4) is 0 Å². The van der Waals surface area contributed by atoms with Crippen LogP contribution < -0.4 is 4.74 Å². The second-order valence-electron chi connectivity index (χ2n) is 4.52. The van der Waals surface area contributed by atoms with Gasteiger partial charge in [0.25, 0.3) is 0 Å². The molecule has 0 spiro atoms. The highest BCUT2D eigenvalue weighted by Gasteiger charge is 2.37. The molecule has 0 bridgehead atoms. The fourth-order valence-electron chi connectivity index (χ4n) is 1.36. The van der Waals surface area contributed by atoms with E-state index in [1.807, 2.05) is 0 Å². The second kappa shape index (κ2) is 6.49. The van der Waals surface area contributed by atoms with E-state index in [1.165, 1.54) is 7.11 Å². The van der Waals surface area contributed by atoms with Crippen molar-refractivity contribution < 1.29 is 29.3 Å². The van der Waals surface area contributed by atoms with Gasteiger partial charge < -0.3 is 19.7 Å². The van der Waals surface area contributed by atoms with Gasteiger partial charge in [-0.25, -0.2) is 4.79 Å². The third kappa shape index (κ3) is 3.79. The van der Waals surface area contributed by atoms with Crippen LogP contribution in [0.1, 0.15) is 25.5 Å². The number of benzene rings is 1. The topological polar surface area (TPSA) is 93.1 Å². The lowest BCUT2D eigenvalue weighted by molar-refractivity contribution is -0.170. The molecule has 2 atom stereocenters. The molecule has 6 heteroatoms. The Hall–Kier alpha value is -1.92. The largest absolute Gasteiger partial charge is 0.497 e. The highest BCUT2D eigenvalue weighted by atomic mass is 16.6. The van der Waals surface area contributed by atoms with E-state index in [1.54, 1.807) is 24.3 Å². The van der Waals surface area contributed by atoms with Crippen LogP contribution in [0.5, 0.6) is 5.75 Å². The minimum Gasteiger partial charge on any atom is -0.497 e. The number of hydrogen-bond acceptors (Lipinski definition) is 6. The Morgan fingerprint density at radius 2 is 1.85 bits per heavy atom. The van der Waals surface area contributed by atoms with Gasteiger partial charge in [0.15, 0.2) is 5.78 Å². The van der Waals surface area contributed by atoms with E-state index in [-0.39, 0.29) is 6.61 Å². The Morgan fingerprint density at radius 1 is 1.30 bits per heavy atom. The highest BCUT2D eigenvalue weighted by molar-refractivity contribution is 6.05. The first-order chi connectivity index (χ1) is 9.28. The molecule has 110 valence electrons. The van der Waals surface area contributed by atoms with Crippen LogP contribution in [0, 0.1) is 0 Å². The molecule has 0 saturated carbocycles. The van der Waals surface area contributed by atoms with Gasteiger partial charge in [0, 0.05) is 0 Å². The Kier molecular flexibility index (Phi) is 5.24. The molecular weight excluding hydrogens is 264 g/mol. The number of methoxy groups -OCH3 is 1. The van der Waals surface area contributed by atoms with Crippen molar-refractivity contribution in [2.45, 2.75) is 25.6 Å². The molecule has 1 aromatic rings. The molecule has 20 heavy (non-hydrogen) atoms. The SMILES string of the molecule is COc1ccc([C@H](O)COC(=O)[C@@](C)(O)C(C)=O)cc1. The Bertz CT molecular complexity index is 477. The quantitative estimate of drug-likeness (QED) is 0.586. The van der Waals surface area contributed by atoms with Crippen molar-refractivity contribution in [1.82, 2.24) is 0 Å². The second-order valence-corrected chi connectivity index (χ2v) is 4.52. The average Bonchev–Trinajstić information content (AvgIpc) is 2.44. The Balaban J connectivity index is 2.60. The average molecular weight is 282 g/mol. The molecule has 2 N–H and O–H groups in total. The summed E-state index contributed by atoms with van der Waals surface area (Å²) < 4.78 is 9.73. The van der Waals surface area contributed by atoms with Gasteiger partial charge in [0.2, 0.25) is 5.60 Å². The summed E-state index contributed by atoms with van der Waals surface area (Å²) in [6, 6.07) is 6.57. The van der Waals surface area contributed by atoms with Crippen molar-refractivity contribution >= 4 is 11.8 Å². The maximum absolute atomic E-state index is 11.5. The van der Waals surface area contributed by atoms with Gasteiger partial charge in [-0.2, -0.15) is 0 Å². The number of esters is 1. The molecule has 0 aromatic heterocycles. The third-order valence-electron chi connectivity index (χ3n) is 2.96. The van der Waals surface area contributed by atoms with Crippen LogP contribution in [-0.2, 0) is 14.3 Å². The third-order valence-corrected chi connectivity index (χ3v) is 2.96. The van der Waals surface area contributed by atoms with Crippen LogP contribution in [0.25, 0.3) is 0 Å². The van der Waals surface area contributed by atoms with Crippen LogP contribution in [-0.4, -0.2) is 41.3 Å². The predicted octanol–water partition coefficient (Wildman–Crippen LogP) is 0.612. The summed E-state index contributed by atoms with van der Waals surface area (Å²) >= 11 is 0. The number of Topliss-reactive ketones (excluding diaryl/α,β-unsaturated/α-hetero) is 1. The van der Waals surface area contributed by atoms with Crippen molar-refractivity contribution in [2.24, 2.45) is 0 Å². The number of aliphatic hydroxyl groups is 2. The van der Waals surface area contributed by atoms with Gasteiger partial charge in [-0.05, 0) is 31.5 Å². The first kappa shape index (κ1) is 16.1. The van der Waals surface area contributed by atoms with Gasteiger partial charge in [0.1, 0.15) is 18.5 Å². The molecule has 0 fully saturated rings. The fraction of sp³-hybridized carbons (Fsp3) is 0.429. The van der Waals surface area contributed by atoms with Crippen LogP contribution in [0.2, 0.25) is 0 Å². The van der Waals surface area contributed by atoms with E-state index < -0.39 is 23.5 Å². The van der Waals surface area contributed by atoms with Crippen LogP contribution in [0.15, 0.2) is 24.3 Å². The number of ketones is 1. The molecule has 0 radical (unpaired) electrons. The normalized spacial score (nSPS) is 15.1. The predicted molar refractivity (Wildman–Crippen MR) is 70.2 cm³/mol. The van der Waals surface area contributed by atoms with Gasteiger partial charge in [0.05, 0.1) is 7.11 Å². The van der Waals surface area contributed by atoms with E-state index in [0.717, 1.165) is 13.8 Å². The van der Waals surface area contributed by atoms with Gasteiger partial charge >= 0.3 is 5.97 Å². The van der Waals surface area contributed by atoms with Crippen LogP contribution in [0.4, 0.5) is 0 Å². The number of hydrogen-bond donors (Lipinski definition) is 2. The maximum Gasteiger partial charge on any atom is 0.345 e. The highest BCUT2D eigenvalue weighted by Crippen LogP contribution is 2.18. The molecule has 0 heterocycles. The van der Waals surface area contributed by atoms with Crippen molar-refractivity contribution in [3.05, 3.63) is 29.8 Å². The zero-order valence-electron chi connectivity index (χ0n) is 11.6. The van der Waals surface area contributed by atoms with Crippen molar-refractivity contribution in [2.75, 3.05) is 13.7 Å². The van der Waals surface area contributed by atoms with Crippen molar-refractivity contribution in [3.63, 3.8) is 0 Å². The molecule has 0 aliphatic rings. The van der Waals surface area contributed by atoms with E-state index in [4.69, 9.17) is 9.47 Å². The summed E-state index contributed by atoms with van der Waals surface area (Å²) in [6.45, 7) is 1.78.